The summed E-state index contributed by atoms with van der Waals surface area (Å²) < 4.78 is 1.88. The molecule has 0 saturated heterocycles. The molecule has 1 aliphatic heterocycles. The maximum Gasteiger partial charge on any atom is 0.124 e. The van der Waals surface area contributed by atoms with Crippen molar-refractivity contribution in [1.82, 2.24) is 9.78 Å². The van der Waals surface area contributed by atoms with Crippen molar-refractivity contribution in [1.29, 1.82) is 0 Å². The SMILES string of the molecule is [N-]=[N+]=NCc1cc2n(n1)CCN2. The highest BCUT2D eigenvalue weighted by Gasteiger charge is 2.11. The van der Waals surface area contributed by atoms with Crippen LogP contribution in [0.4, 0.5) is 5.82 Å². The van der Waals surface area contributed by atoms with Crippen molar-refractivity contribution < 1.29 is 0 Å². The number of anilines is 1. The van der Waals surface area contributed by atoms with Gasteiger partial charge in [-0.05, 0) is 5.53 Å². The molecule has 0 bridgehead atoms. The lowest BCUT2D eigenvalue weighted by Gasteiger charge is -1.88. The molecule has 1 aromatic rings. The van der Waals surface area contributed by atoms with Crippen LogP contribution in [0.25, 0.3) is 10.4 Å². The molecule has 1 aromatic heterocycles. The third-order valence-electron chi connectivity index (χ3n) is 1.76. The van der Waals surface area contributed by atoms with E-state index >= 15 is 0 Å². The van der Waals surface area contributed by atoms with E-state index in [0.717, 1.165) is 24.6 Å². The van der Waals surface area contributed by atoms with E-state index in [1.165, 1.54) is 0 Å². The first-order chi connectivity index (χ1) is 5.90. The van der Waals surface area contributed by atoms with Crippen LogP contribution in [-0.2, 0) is 13.1 Å². The second-order valence-electron chi connectivity index (χ2n) is 2.56. The van der Waals surface area contributed by atoms with Crippen molar-refractivity contribution in [2.24, 2.45) is 5.11 Å². The van der Waals surface area contributed by atoms with Crippen LogP contribution in [0.5, 0.6) is 0 Å². The van der Waals surface area contributed by atoms with Crippen molar-refractivity contribution in [3.8, 4) is 0 Å². The van der Waals surface area contributed by atoms with E-state index in [0.29, 0.717) is 6.54 Å². The minimum atomic E-state index is 0.332. The Bertz CT molecular complexity index is 312. The molecule has 6 heteroatoms. The van der Waals surface area contributed by atoms with Gasteiger partial charge in [-0.1, -0.05) is 5.11 Å². The van der Waals surface area contributed by atoms with E-state index in [1.807, 2.05) is 10.7 Å². The fourth-order valence-corrected chi connectivity index (χ4v) is 1.25. The van der Waals surface area contributed by atoms with Crippen molar-refractivity contribution >= 4 is 5.82 Å². The molecule has 0 aliphatic carbocycles. The maximum atomic E-state index is 8.08. The van der Waals surface area contributed by atoms with Crippen LogP contribution in [0.15, 0.2) is 11.2 Å². The van der Waals surface area contributed by atoms with Crippen molar-refractivity contribution in [3.63, 3.8) is 0 Å². The van der Waals surface area contributed by atoms with E-state index < -0.39 is 0 Å². The molecule has 1 N–H and O–H groups in total. The lowest BCUT2D eigenvalue weighted by Crippen LogP contribution is -1.97. The highest BCUT2D eigenvalue weighted by molar-refractivity contribution is 5.39. The smallest absolute Gasteiger partial charge is 0.124 e. The molecular formula is C6H8N6. The van der Waals surface area contributed by atoms with Gasteiger partial charge in [-0.15, -0.1) is 0 Å². The quantitative estimate of drug-likeness (QED) is 0.403. The van der Waals surface area contributed by atoms with Gasteiger partial charge < -0.3 is 5.32 Å². The lowest BCUT2D eigenvalue weighted by atomic mass is 10.4. The Hall–Kier alpha value is -1.68. The van der Waals surface area contributed by atoms with E-state index in [9.17, 15) is 0 Å². The molecule has 6 nitrogen and oxygen atoms in total. The monoisotopic (exact) mass is 164 g/mol. The number of aromatic nitrogens is 2. The molecule has 0 fully saturated rings. The average Bonchev–Trinajstić information content (AvgIpc) is 2.58. The standard InChI is InChI=1S/C6H8N6/c7-11-9-4-5-3-6-8-1-2-12(6)10-5/h3,8H,1-2,4H2. The van der Waals surface area contributed by atoms with Crippen LogP contribution in [0.1, 0.15) is 5.69 Å². The predicted octanol–water partition coefficient (Wildman–Crippen LogP) is 1.12. The molecule has 2 rings (SSSR count). The van der Waals surface area contributed by atoms with Gasteiger partial charge in [0.15, 0.2) is 0 Å². The first kappa shape index (κ1) is 7.00. The molecule has 0 saturated carbocycles. The summed E-state index contributed by atoms with van der Waals surface area (Å²) in [4.78, 5) is 2.67. The van der Waals surface area contributed by atoms with Crippen molar-refractivity contribution in [2.45, 2.75) is 13.1 Å². The maximum absolute atomic E-state index is 8.08. The van der Waals surface area contributed by atoms with Crippen molar-refractivity contribution in [3.05, 3.63) is 22.2 Å². The Labute approximate surface area is 68.8 Å². The third-order valence-corrected chi connectivity index (χ3v) is 1.76. The van der Waals surface area contributed by atoms with Crippen LogP contribution in [0, 0.1) is 0 Å². The summed E-state index contributed by atoms with van der Waals surface area (Å²) in [6.07, 6.45) is 0. The van der Waals surface area contributed by atoms with Crippen LogP contribution >= 0.6 is 0 Å². The summed E-state index contributed by atoms with van der Waals surface area (Å²) in [5.41, 5.74) is 8.90. The number of azide groups is 1. The molecule has 0 aromatic carbocycles. The molecule has 0 amide bonds. The third kappa shape index (κ3) is 1.08. The Morgan fingerprint density at radius 3 is 3.50 bits per heavy atom. The Balaban J connectivity index is 2.19. The van der Waals surface area contributed by atoms with Crippen LogP contribution in [-0.4, -0.2) is 16.3 Å². The molecule has 2 heterocycles. The highest BCUT2D eigenvalue weighted by Crippen LogP contribution is 2.15. The first-order valence-corrected chi connectivity index (χ1v) is 3.71. The number of hydrogen-bond acceptors (Lipinski definition) is 3. The fourth-order valence-electron chi connectivity index (χ4n) is 1.25. The van der Waals surface area contributed by atoms with Crippen LogP contribution in [0.2, 0.25) is 0 Å². The van der Waals surface area contributed by atoms with Crippen LogP contribution < -0.4 is 5.32 Å². The van der Waals surface area contributed by atoms with Gasteiger partial charge in [-0.25, -0.2) is 4.68 Å². The highest BCUT2D eigenvalue weighted by atomic mass is 15.4. The summed E-state index contributed by atoms with van der Waals surface area (Å²) in [5, 5.41) is 10.8. The van der Waals surface area contributed by atoms with E-state index in [4.69, 9.17) is 5.53 Å². The second-order valence-corrected chi connectivity index (χ2v) is 2.56. The normalized spacial score (nSPS) is 13.3. The molecule has 0 unspecified atom stereocenters. The minimum absolute atomic E-state index is 0.332. The Morgan fingerprint density at radius 2 is 2.75 bits per heavy atom. The van der Waals surface area contributed by atoms with Crippen LogP contribution in [0.3, 0.4) is 0 Å². The van der Waals surface area contributed by atoms with Crippen molar-refractivity contribution in [2.75, 3.05) is 11.9 Å². The summed E-state index contributed by atoms with van der Waals surface area (Å²) in [7, 11) is 0. The van der Waals surface area contributed by atoms with Gasteiger partial charge >= 0.3 is 0 Å². The van der Waals surface area contributed by atoms with Gasteiger partial charge in [-0.3, -0.25) is 0 Å². The lowest BCUT2D eigenvalue weighted by molar-refractivity contribution is 0.679. The molecule has 0 radical (unpaired) electrons. The number of fused-ring (bicyclic) bond motifs is 1. The average molecular weight is 164 g/mol. The zero-order chi connectivity index (χ0) is 8.39. The second kappa shape index (κ2) is 2.75. The van der Waals surface area contributed by atoms with E-state index in [1.54, 1.807) is 0 Å². The molecule has 62 valence electrons. The summed E-state index contributed by atoms with van der Waals surface area (Å²) >= 11 is 0. The molecule has 1 aliphatic rings. The van der Waals surface area contributed by atoms with E-state index in [-0.39, 0.29) is 0 Å². The zero-order valence-electron chi connectivity index (χ0n) is 6.43. The van der Waals surface area contributed by atoms with Gasteiger partial charge in [-0.2, -0.15) is 5.10 Å². The zero-order valence-corrected chi connectivity index (χ0v) is 6.43. The Morgan fingerprint density at radius 1 is 1.83 bits per heavy atom. The fraction of sp³-hybridized carbons (Fsp3) is 0.500. The molecule has 12 heavy (non-hydrogen) atoms. The topological polar surface area (TPSA) is 78.6 Å². The molecule has 0 atom stereocenters. The van der Waals surface area contributed by atoms with Gasteiger partial charge in [0.2, 0.25) is 0 Å². The minimum Gasteiger partial charge on any atom is -0.368 e. The van der Waals surface area contributed by atoms with Gasteiger partial charge in [0, 0.05) is 17.5 Å². The van der Waals surface area contributed by atoms with Gasteiger partial charge in [0.25, 0.3) is 0 Å². The summed E-state index contributed by atoms with van der Waals surface area (Å²) in [5.74, 6) is 1.01. The largest absolute Gasteiger partial charge is 0.368 e. The number of hydrogen-bond donors (Lipinski definition) is 1. The van der Waals surface area contributed by atoms with Gasteiger partial charge in [0.1, 0.15) is 5.82 Å². The van der Waals surface area contributed by atoms with E-state index in [2.05, 4.69) is 20.4 Å². The first-order valence-electron chi connectivity index (χ1n) is 3.71. The number of nitrogens with zero attached hydrogens (tertiary/aromatic N) is 5. The predicted molar refractivity (Wildman–Crippen MR) is 43.6 cm³/mol. The summed E-state index contributed by atoms with van der Waals surface area (Å²) in [6.45, 7) is 2.16. The molecule has 0 spiro atoms. The number of nitrogens with one attached hydrogen (secondary N) is 1. The van der Waals surface area contributed by atoms with Gasteiger partial charge in [0.05, 0.1) is 18.8 Å². The molecular weight excluding hydrogens is 156 g/mol. The summed E-state index contributed by atoms with van der Waals surface area (Å²) in [6, 6.07) is 1.90. The number of rotatable bonds is 2. The Kier molecular flexibility index (Phi) is 1.60.